The molecule has 0 bridgehead atoms. The highest BCUT2D eigenvalue weighted by atomic mass is 16.7. The first kappa shape index (κ1) is 23.0. The largest absolute Gasteiger partial charge is 0.508 e. The molecule has 1 aliphatic rings. The van der Waals surface area contributed by atoms with Crippen LogP contribution in [0.3, 0.4) is 0 Å². The quantitative estimate of drug-likeness (QED) is 0.372. The number of ether oxygens (including phenoxy) is 3. The Morgan fingerprint density at radius 1 is 1.08 bits per heavy atom. The van der Waals surface area contributed by atoms with Crippen LogP contribution < -0.4 is 20.2 Å². The van der Waals surface area contributed by atoms with Crippen molar-refractivity contribution in [3.05, 3.63) is 87.7 Å². The molecule has 2 aromatic heterocycles. The van der Waals surface area contributed by atoms with Crippen LogP contribution >= 0.6 is 0 Å². The van der Waals surface area contributed by atoms with Crippen LogP contribution in [0.25, 0.3) is 11.0 Å². The molecule has 36 heavy (non-hydrogen) atoms. The summed E-state index contributed by atoms with van der Waals surface area (Å²) in [6.45, 7) is 0.000197. The maximum Gasteiger partial charge on any atom is 0.373 e. The van der Waals surface area contributed by atoms with E-state index in [1.54, 1.807) is 36.4 Å². The smallest absolute Gasteiger partial charge is 0.373 e. The molecule has 0 saturated heterocycles. The average Bonchev–Trinajstić information content (AvgIpc) is 3.55. The molecule has 0 saturated carbocycles. The Labute approximate surface area is 204 Å². The van der Waals surface area contributed by atoms with Crippen LogP contribution in [0.5, 0.6) is 17.2 Å². The van der Waals surface area contributed by atoms with E-state index in [9.17, 15) is 19.5 Å². The number of amides is 1. The van der Waals surface area contributed by atoms with Crippen molar-refractivity contribution in [3.8, 4) is 17.2 Å². The summed E-state index contributed by atoms with van der Waals surface area (Å²) in [5.74, 6) is -0.959. The number of carbonyl (C=O) groups excluding carboxylic acids is 2. The molecule has 1 amide bonds. The fraction of sp³-hybridized carbons (Fsp3) is 0.192. The predicted molar refractivity (Wildman–Crippen MR) is 125 cm³/mol. The van der Waals surface area contributed by atoms with Gasteiger partial charge < -0.3 is 33.5 Å². The van der Waals surface area contributed by atoms with E-state index in [0.717, 1.165) is 0 Å². The first-order valence-electron chi connectivity index (χ1n) is 11.0. The van der Waals surface area contributed by atoms with Crippen molar-refractivity contribution in [1.82, 2.24) is 5.32 Å². The number of fused-ring (bicyclic) bond motifs is 2. The molecule has 2 aromatic carbocycles. The van der Waals surface area contributed by atoms with Gasteiger partial charge in [-0.1, -0.05) is 12.1 Å². The number of furan rings is 1. The Kier molecular flexibility index (Phi) is 6.07. The fourth-order valence-corrected chi connectivity index (χ4v) is 4.07. The van der Waals surface area contributed by atoms with Crippen LogP contribution in [0.1, 0.15) is 39.8 Å². The maximum atomic E-state index is 13.4. The number of carbonyl (C=O) groups is 2. The SMILES string of the molecule is COC(=O)c1ccc(CNC(=O)CC(c2cc3c(cc2O)OCO3)c2coc3ccccc3c2=O)o1. The van der Waals surface area contributed by atoms with Crippen molar-refractivity contribution in [2.75, 3.05) is 13.9 Å². The third-order valence-electron chi connectivity index (χ3n) is 5.88. The zero-order valence-corrected chi connectivity index (χ0v) is 19.1. The van der Waals surface area contributed by atoms with Crippen LogP contribution in [0.4, 0.5) is 0 Å². The fourth-order valence-electron chi connectivity index (χ4n) is 4.07. The summed E-state index contributed by atoms with van der Waals surface area (Å²) in [6, 6.07) is 12.7. The lowest BCUT2D eigenvalue weighted by Crippen LogP contribution is -2.26. The van der Waals surface area contributed by atoms with Gasteiger partial charge >= 0.3 is 5.97 Å². The normalized spacial score (nSPS) is 12.9. The highest BCUT2D eigenvalue weighted by Crippen LogP contribution is 2.42. The summed E-state index contributed by atoms with van der Waals surface area (Å²) in [5.41, 5.74) is 0.594. The third kappa shape index (κ3) is 4.36. The second-order valence-electron chi connectivity index (χ2n) is 8.07. The number of hydrogen-bond acceptors (Lipinski definition) is 9. The van der Waals surface area contributed by atoms with Crippen molar-refractivity contribution < 1.29 is 37.7 Å². The van der Waals surface area contributed by atoms with Crippen LogP contribution in [-0.2, 0) is 16.1 Å². The highest BCUT2D eigenvalue weighted by molar-refractivity contribution is 5.86. The van der Waals surface area contributed by atoms with Crippen LogP contribution in [-0.4, -0.2) is 30.9 Å². The molecule has 3 heterocycles. The number of methoxy groups -OCH3 is 1. The number of phenols is 1. The van der Waals surface area contributed by atoms with E-state index in [4.69, 9.17) is 18.3 Å². The van der Waals surface area contributed by atoms with Crippen molar-refractivity contribution in [1.29, 1.82) is 0 Å². The lowest BCUT2D eigenvalue weighted by molar-refractivity contribution is -0.121. The van der Waals surface area contributed by atoms with E-state index in [1.807, 2.05) is 0 Å². The molecule has 4 aromatic rings. The summed E-state index contributed by atoms with van der Waals surface area (Å²) in [5, 5.41) is 13.8. The monoisotopic (exact) mass is 491 g/mol. The molecular weight excluding hydrogens is 470 g/mol. The van der Waals surface area contributed by atoms with E-state index in [-0.39, 0.29) is 42.3 Å². The molecular formula is C26H21NO9. The Morgan fingerprint density at radius 2 is 1.86 bits per heavy atom. The van der Waals surface area contributed by atoms with Gasteiger partial charge in [0.1, 0.15) is 17.1 Å². The van der Waals surface area contributed by atoms with Gasteiger partial charge in [-0.05, 0) is 30.3 Å². The van der Waals surface area contributed by atoms with Crippen molar-refractivity contribution in [2.45, 2.75) is 18.9 Å². The number of phenolic OH excluding ortho intramolecular Hbond substituents is 1. The number of hydrogen-bond donors (Lipinski definition) is 2. The Hall–Kier alpha value is -4.73. The Balaban J connectivity index is 1.46. The number of rotatable bonds is 7. The molecule has 184 valence electrons. The van der Waals surface area contributed by atoms with Gasteiger partial charge in [0.25, 0.3) is 0 Å². The maximum absolute atomic E-state index is 13.4. The number of aromatic hydroxyl groups is 1. The number of nitrogens with one attached hydrogen (secondary N) is 1. The van der Waals surface area contributed by atoms with Gasteiger partial charge in [0.05, 0.1) is 25.3 Å². The van der Waals surface area contributed by atoms with Crippen molar-refractivity contribution >= 4 is 22.8 Å². The minimum absolute atomic E-state index is 0.00178. The van der Waals surface area contributed by atoms with E-state index in [2.05, 4.69) is 10.1 Å². The Morgan fingerprint density at radius 3 is 2.67 bits per heavy atom. The summed E-state index contributed by atoms with van der Waals surface area (Å²) < 4.78 is 26.4. The topological polar surface area (TPSA) is 137 Å². The Bertz CT molecular complexity index is 1520. The summed E-state index contributed by atoms with van der Waals surface area (Å²) in [7, 11) is 1.24. The zero-order valence-electron chi connectivity index (χ0n) is 19.1. The molecule has 1 aliphatic heterocycles. The van der Waals surface area contributed by atoms with Gasteiger partial charge in [0.2, 0.25) is 18.5 Å². The molecule has 1 unspecified atom stereocenters. The van der Waals surface area contributed by atoms with Gasteiger partial charge in [0.15, 0.2) is 16.9 Å². The average molecular weight is 491 g/mol. The summed E-state index contributed by atoms with van der Waals surface area (Å²) in [6.07, 6.45) is 1.11. The first-order valence-corrected chi connectivity index (χ1v) is 11.0. The van der Waals surface area contributed by atoms with Crippen molar-refractivity contribution in [3.63, 3.8) is 0 Å². The highest BCUT2D eigenvalue weighted by Gasteiger charge is 2.28. The lowest BCUT2D eigenvalue weighted by atomic mass is 9.87. The zero-order chi connectivity index (χ0) is 25.2. The predicted octanol–water partition coefficient (Wildman–Crippen LogP) is 3.45. The van der Waals surface area contributed by atoms with E-state index >= 15 is 0 Å². The van der Waals surface area contributed by atoms with Gasteiger partial charge in [-0.25, -0.2) is 4.79 Å². The molecule has 0 radical (unpaired) electrons. The molecule has 10 nitrogen and oxygen atoms in total. The molecule has 1 atom stereocenters. The first-order chi connectivity index (χ1) is 17.4. The van der Waals surface area contributed by atoms with Gasteiger partial charge in [-0.3, -0.25) is 9.59 Å². The van der Waals surface area contributed by atoms with E-state index in [0.29, 0.717) is 33.8 Å². The van der Waals surface area contributed by atoms with Gasteiger partial charge in [0, 0.05) is 29.5 Å². The van der Waals surface area contributed by atoms with E-state index in [1.165, 1.54) is 25.5 Å². The minimum Gasteiger partial charge on any atom is -0.508 e. The van der Waals surface area contributed by atoms with Gasteiger partial charge in [-0.2, -0.15) is 0 Å². The second kappa shape index (κ2) is 9.49. The molecule has 0 fully saturated rings. The second-order valence-corrected chi connectivity index (χ2v) is 8.07. The molecule has 0 aliphatic carbocycles. The third-order valence-corrected chi connectivity index (χ3v) is 5.88. The number of benzene rings is 2. The molecule has 10 heteroatoms. The summed E-state index contributed by atoms with van der Waals surface area (Å²) in [4.78, 5) is 37.9. The van der Waals surface area contributed by atoms with Crippen LogP contribution in [0.2, 0.25) is 0 Å². The van der Waals surface area contributed by atoms with E-state index < -0.39 is 17.8 Å². The lowest BCUT2D eigenvalue weighted by Gasteiger charge is -2.19. The standard InChI is InChI=1S/C26H21NO9/c1-32-26(31)21-7-6-14(36-21)11-27-24(29)9-16(17-8-22-23(10-19(17)28)35-13-34-22)18-12-33-20-5-3-2-4-15(20)25(18)30/h2-8,10,12,16,28H,9,11,13H2,1H3,(H,27,29). The van der Waals surface area contributed by atoms with Crippen LogP contribution in [0, 0.1) is 0 Å². The molecule has 5 rings (SSSR count). The van der Waals surface area contributed by atoms with Gasteiger partial charge in [-0.15, -0.1) is 0 Å². The molecule has 0 spiro atoms. The minimum atomic E-state index is -0.859. The number of para-hydroxylation sites is 1. The molecule has 2 N–H and O–H groups in total. The van der Waals surface area contributed by atoms with Crippen molar-refractivity contribution in [2.24, 2.45) is 0 Å². The summed E-state index contributed by atoms with van der Waals surface area (Å²) >= 11 is 0. The number of esters is 1. The van der Waals surface area contributed by atoms with Crippen LogP contribution in [0.15, 0.2) is 68.4 Å².